The fourth-order valence-electron chi connectivity index (χ4n) is 1.67. The van der Waals surface area contributed by atoms with E-state index in [1.54, 1.807) is 13.8 Å². The fraction of sp³-hybridized carbons (Fsp3) is 0.500. The van der Waals surface area contributed by atoms with Gasteiger partial charge in [-0.3, -0.25) is 14.9 Å². The Morgan fingerprint density at radius 1 is 1.53 bits per heavy atom. The van der Waals surface area contributed by atoms with E-state index < -0.39 is 11.0 Å². The van der Waals surface area contributed by atoms with Crippen molar-refractivity contribution in [1.29, 1.82) is 0 Å². The summed E-state index contributed by atoms with van der Waals surface area (Å²) in [5, 5.41) is 16.5. The van der Waals surface area contributed by atoms with E-state index >= 15 is 0 Å². The van der Waals surface area contributed by atoms with Crippen molar-refractivity contribution in [2.75, 3.05) is 5.32 Å². The maximum Gasteiger partial charge on any atom is 0.290 e. The lowest BCUT2D eigenvalue weighted by atomic mass is 10.2. The van der Waals surface area contributed by atoms with E-state index in [0.29, 0.717) is 17.6 Å². The molecule has 0 aromatic carbocycles. The average molecular weight is 264 g/mol. The van der Waals surface area contributed by atoms with E-state index in [9.17, 15) is 14.9 Å². The van der Waals surface area contributed by atoms with Crippen LogP contribution in [0.25, 0.3) is 0 Å². The molecule has 1 saturated carbocycles. The molecule has 1 heterocycles. The number of nitrogens with zero attached hydrogens (tertiary/aromatic N) is 2. The number of anilines is 1. The maximum atomic E-state index is 11.7. The topological polar surface area (TPSA) is 97.2 Å². The number of amides is 1. The predicted octanol–water partition coefficient (Wildman–Crippen LogP) is 1.38. The van der Waals surface area contributed by atoms with Crippen molar-refractivity contribution in [2.24, 2.45) is 0 Å². The number of aryl methyl sites for hydroxylation is 1. The number of nitrogens with one attached hydrogen (secondary N) is 2. The number of aromatic nitrogens is 1. The minimum Gasteiger partial charge on any atom is -0.359 e. The molecule has 2 rings (SSSR count). The molecule has 1 aromatic heterocycles. The summed E-state index contributed by atoms with van der Waals surface area (Å²) in [7, 11) is 0. The number of pyridine rings is 1. The quantitative estimate of drug-likeness (QED) is 0.618. The van der Waals surface area contributed by atoms with Crippen LogP contribution in [0.4, 0.5) is 11.5 Å². The largest absolute Gasteiger partial charge is 0.359 e. The Morgan fingerprint density at radius 2 is 2.21 bits per heavy atom. The number of rotatable bonds is 5. The van der Waals surface area contributed by atoms with Crippen molar-refractivity contribution >= 4 is 17.4 Å². The van der Waals surface area contributed by atoms with Crippen molar-refractivity contribution in [3.63, 3.8) is 0 Å². The molecule has 0 spiro atoms. The molecule has 102 valence electrons. The molecule has 2 N–H and O–H groups in total. The molecule has 1 aliphatic carbocycles. The van der Waals surface area contributed by atoms with Crippen LogP contribution in [-0.4, -0.2) is 27.9 Å². The van der Waals surface area contributed by atoms with Crippen molar-refractivity contribution in [3.8, 4) is 0 Å². The second-order valence-electron chi connectivity index (χ2n) is 4.71. The summed E-state index contributed by atoms with van der Waals surface area (Å²) in [6, 6.07) is 2.78. The van der Waals surface area contributed by atoms with E-state index in [4.69, 9.17) is 0 Å². The molecule has 1 aromatic rings. The summed E-state index contributed by atoms with van der Waals surface area (Å²) in [5.74, 6) is 0.377. The molecule has 0 saturated heterocycles. The average Bonchev–Trinajstić information content (AvgIpc) is 3.12. The van der Waals surface area contributed by atoms with E-state index in [-0.39, 0.29) is 11.6 Å². The Morgan fingerprint density at radius 3 is 2.74 bits per heavy atom. The van der Waals surface area contributed by atoms with Crippen LogP contribution in [0.3, 0.4) is 0 Å². The second-order valence-corrected chi connectivity index (χ2v) is 4.71. The zero-order valence-electron chi connectivity index (χ0n) is 10.8. The molecule has 0 radical (unpaired) electrons. The number of carbonyl (C=O) groups excluding carboxylic acids is 1. The van der Waals surface area contributed by atoms with Gasteiger partial charge in [0.05, 0.1) is 4.92 Å². The SMILES string of the molecule is Cc1nc(NC(C)C(=O)NC2CC2)ccc1[N+](=O)[O-]. The van der Waals surface area contributed by atoms with Gasteiger partial charge in [0.25, 0.3) is 5.69 Å². The van der Waals surface area contributed by atoms with Crippen LogP contribution in [0.2, 0.25) is 0 Å². The number of hydrogen-bond donors (Lipinski definition) is 2. The van der Waals surface area contributed by atoms with Gasteiger partial charge in [0.15, 0.2) is 0 Å². The summed E-state index contributed by atoms with van der Waals surface area (Å²) >= 11 is 0. The van der Waals surface area contributed by atoms with Crippen LogP contribution in [0.5, 0.6) is 0 Å². The van der Waals surface area contributed by atoms with E-state index in [1.807, 2.05) is 0 Å². The highest BCUT2D eigenvalue weighted by molar-refractivity contribution is 5.84. The highest BCUT2D eigenvalue weighted by Gasteiger charge is 2.25. The minimum absolute atomic E-state index is 0.0272. The van der Waals surface area contributed by atoms with E-state index in [0.717, 1.165) is 12.8 Å². The predicted molar refractivity (Wildman–Crippen MR) is 69.9 cm³/mol. The minimum atomic E-state index is -0.477. The van der Waals surface area contributed by atoms with Crippen LogP contribution in [-0.2, 0) is 4.79 Å². The highest BCUT2D eigenvalue weighted by Crippen LogP contribution is 2.20. The number of hydrogen-bond acceptors (Lipinski definition) is 5. The normalized spacial score (nSPS) is 15.7. The third kappa shape index (κ3) is 3.40. The van der Waals surface area contributed by atoms with Gasteiger partial charge in [-0.15, -0.1) is 0 Å². The lowest BCUT2D eigenvalue weighted by molar-refractivity contribution is -0.385. The van der Waals surface area contributed by atoms with Gasteiger partial charge in [0, 0.05) is 12.1 Å². The van der Waals surface area contributed by atoms with Crippen molar-refractivity contribution in [1.82, 2.24) is 10.3 Å². The molecule has 1 atom stereocenters. The van der Waals surface area contributed by atoms with E-state index in [1.165, 1.54) is 12.1 Å². The standard InChI is InChI=1S/C12H16N4O3/c1-7-10(16(18)19)5-6-11(13-7)14-8(2)12(17)15-9-3-4-9/h5-6,8-9H,3-4H2,1-2H3,(H,13,14)(H,15,17). The zero-order chi connectivity index (χ0) is 14.0. The Bertz CT molecular complexity index is 514. The van der Waals surface area contributed by atoms with Crippen molar-refractivity contribution in [2.45, 2.75) is 38.8 Å². The Labute approximate surface area is 110 Å². The molecule has 1 amide bonds. The first kappa shape index (κ1) is 13.3. The van der Waals surface area contributed by atoms with Crippen molar-refractivity contribution in [3.05, 3.63) is 27.9 Å². The maximum absolute atomic E-state index is 11.7. The lowest BCUT2D eigenvalue weighted by Gasteiger charge is -2.14. The van der Waals surface area contributed by atoms with Crippen LogP contribution in [0, 0.1) is 17.0 Å². The molecule has 1 unspecified atom stereocenters. The van der Waals surface area contributed by atoms with Crippen LogP contribution < -0.4 is 10.6 Å². The zero-order valence-corrected chi connectivity index (χ0v) is 10.8. The molecule has 1 aliphatic rings. The monoisotopic (exact) mass is 264 g/mol. The van der Waals surface area contributed by atoms with E-state index in [2.05, 4.69) is 15.6 Å². The molecular formula is C12H16N4O3. The Kier molecular flexibility index (Phi) is 3.64. The summed E-state index contributed by atoms with van der Waals surface area (Å²) in [4.78, 5) is 26.0. The summed E-state index contributed by atoms with van der Waals surface area (Å²) in [5.41, 5.74) is 0.297. The lowest BCUT2D eigenvalue weighted by Crippen LogP contribution is -2.38. The van der Waals surface area contributed by atoms with Crippen LogP contribution in [0.15, 0.2) is 12.1 Å². The molecule has 19 heavy (non-hydrogen) atoms. The number of carbonyl (C=O) groups is 1. The van der Waals surface area contributed by atoms with Crippen LogP contribution >= 0.6 is 0 Å². The first-order valence-corrected chi connectivity index (χ1v) is 6.16. The van der Waals surface area contributed by atoms with Gasteiger partial charge in [-0.25, -0.2) is 4.98 Å². The van der Waals surface area contributed by atoms with Gasteiger partial charge in [0.1, 0.15) is 17.6 Å². The van der Waals surface area contributed by atoms with Crippen LogP contribution in [0.1, 0.15) is 25.5 Å². The van der Waals surface area contributed by atoms with Gasteiger partial charge >= 0.3 is 0 Å². The van der Waals surface area contributed by atoms with Gasteiger partial charge < -0.3 is 10.6 Å². The Hall–Kier alpha value is -2.18. The third-order valence-corrected chi connectivity index (χ3v) is 2.94. The Balaban J connectivity index is 1.99. The molecule has 0 aliphatic heterocycles. The molecule has 1 fully saturated rings. The highest BCUT2D eigenvalue weighted by atomic mass is 16.6. The first-order chi connectivity index (χ1) is 8.97. The fourth-order valence-corrected chi connectivity index (χ4v) is 1.67. The van der Waals surface area contributed by atoms with Gasteiger partial charge in [-0.2, -0.15) is 0 Å². The second kappa shape index (κ2) is 5.21. The van der Waals surface area contributed by atoms with Gasteiger partial charge in [0.2, 0.25) is 5.91 Å². The molecule has 7 nitrogen and oxygen atoms in total. The molecular weight excluding hydrogens is 248 g/mol. The van der Waals surface area contributed by atoms with Gasteiger partial charge in [-0.1, -0.05) is 0 Å². The van der Waals surface area contributed by atoms with Gasteiger partial charge in [-0.05, 0) is 32.8 Å². The molecule has 0 bridgehead atoms. The molecule has 7 heteroatoms. The summed E-state index contributed by atoms with van der Waals surface area (Å²) in [6.07, 6.45) is 2.07. The first-order valence-electron chi connectivity index (χ1n) is 6.16. The smallest absolute Gasteiger partial charge is 0.290 e. The number of nitro groups is 1. The summed E-state index contributed by atoms with van der Waals surface area (Å²) < 4.78 is 0. The third-order valence-electron chi connectivity index (χ3n) is 2.94. The summed E-state index contributed by atoms with van der Waals surface area (Å²) in [6.45, 7) is 3.30. The van der Waals surface area contributed by atoms with Crippen molar-refractivity contribution < 1.29 is 9.72 Å².